The number of carbonyl (C=O) groups is 1. The molecule has 2 fully saturated rings. The Morgan fingerprint density at radius 1 is 0.941 bits per heavy atom. The summed E-state index contributed by atoms with van der Waals surface area (Å²) in [6.07, 6.45) is 1.04. The normalized spacial score (nSPS) is 18.2. The molecule has 0 saturated carbocycles. The Morgan fingerprint density at radius 3 is 2.09 bits per heavy atom. The van der Waals surface area contributed by atoms with Gasteiger partial charge in [-0.15, -0.1) is 0 Å². The number of hydrogen-bond acceptors (Lipinski definition) is 5. The number of nitrogens with zero attached hydrogens (tertiary/aromatic N) is 3. The Bertz CT molecular complexity index is 1090. The molecular weight excluding hydrogens is 497 g/mol. The lowest BCUT2D eigenvalue weighted by Crippen LogP contribution is -2.52. The van der Waals surface area contributed by atoms with E-state index in [9.17, 15) is 13.2 Å². The first-order valence-corrected chi connectivity index (χ1v) is 13.7. The summed E-state index contributed by atoms with van der Waals surface area (Å²) >= 11 is 12.3. The van der Waals surface area contributed by atoms with E-state index in [1.54, 1.807) is 25.3 Å². The van der Waals surface area contributed by atoms with Crippen molar-refractivity contribution < 1.29 is 17.9 Å². The zero-order chi connectivity index (χ0) is 24.3. The van der Waals surface area contributed by atoms with Gasteiger partial charge in [-0.3, -0.25) is 4.79 Å². The van der Waals surface area contributed by atoms with Crippen LogP contribution in [-0.2, 0) is 20.6 Å². The molecule has 2 aromatic rings. The highest BCUT2D eigenvalue weighted by Crippen LogP contribution is 2.29. The molecule has 0 aliphatic carbocycles. The van der Waals surface area contributed by atoms with E-state index < -0.39 is 10.0 Å². The second kappa shape index (κ2) is 10.7. The number of halogens is 2. The summed E-state index contributed by atoms with van der Waals surface area (Å²) in [5, 5.41) is 0.685. The third kappa shape index (κ3) is 5.62. The average molecular weight is 526 g/mol. The van der Waals surface area contributed by atoms with Crippen LogP contribution in [0.4, 0.5) is 5.69 Å². The van der Waals surface area contributed by atoms with Gasteiger partial charge < -0.3 is 14.5 Å². The van der Waals surface area contributed by atoms with Crippen molar-refractivity contribution in [1.82, 2.24) is 9.21 Å². The van der Waals surface area contributed by atoms with Gasteiger partial charge in [-0.25, -0.2) is 12.7 Å². The van der Waals surface area contributed by atoms with E-state index in [1.165, 1.54) is 4.31 Å². The fraction of sp³-hybridized carbons (Fsp3) is 0.458. The Hall–Kier alpha value is -2.00. The number of rotatable bonds is 6. The van der Waals surface area contributed by atoms with Crippen LogP contribution in [0, 0.1) is 5.92 Å². The van der Waals surface area contributed by atoms with E-state index in [1.807, 2.05) is 29.2 Å². The molecule has 0 spiro atoms. The standard InChI is InChI=1S/C24H29Cl2N3O4S/c1-33-20-7-5-19(6-8-20)27-13-15-28(16-14-27)24(30)18-9-11-29(12-10-18)34(31,32)17-21-22(25)3-2-4-23(21)26/h2-8,18H,9-17H2,1H3. The molecule has 0 bridgehead atoms. The highest BCUT2D eigenvalue weighted by molar-refractivity contribution is 7.88. The monoisotopic (exact) mass is 525 g/mol. The quantitative estimate of drug-likeness (QED) is 0.572. The first-order chi connectivity index (χ1) is 16.3. The van der Waals surface area contributed by atoms with Gasteiger partial charge in [0, 0.05) is 66.5 Å². The average Bonchev–Trinajstić information content (AvgIpc) is 2.86. The van der Waals surface area contributed by atoms with Crippen molar-refractivity contribution in [3.63, 3.8) is 0 Å². The molecule has 2 aliphatic heterocycles. The lowest BCUT2D eigenvalue weighted by molar-refractivity contribution is -0.137. The maximum atomic E-state index is 13.1. The predicted molar refractivity (Wildman–Crippen MR) is 135 cm³/mol. The Morgan fingerprint density at radius 2 is 1.53 bits per heavy atom. The Balaban J connectivity index is 1.29. The van der Waals surface area contributed by atoms with Crippen LogP contribution in [0.2, 0.25) is 10.0 Å². The molecule has 0 radical (unpaired) electrons. The molecule has 184 valence electrons. The van der Waals surface area contributed by atoms with Crippen LogP contribution in [0.5, 0.6) is 5.75 Å². The number of ether oxygens (including phenoxy) is 1. The van der Waals surface area contributed by atoms with Crippen molar-refractivity contribution in [3.8, 4) is 5.75 Å². The fourth-order valence-corrected chi connectivity index (χ4v) is 6.88. The SMILES string of the molecule is COc1ccc(N2CCN(C(=O)C3CCN(S(=O)(=O)Cc4c(Cl)cccc4Cl)CC3)CC2)cc1. The molecule has 0 aromatic heterocycles. The molecule has 2 aliphatic rings. The van der Waals surface area contributed by atoms with Gasteiger partial charge in [0.05, 0.1) is 12.9 Å². The van der Waals surface area contributed by atoms with Crippen molar-refractivity contribution in [2.45, 2.75) is 18.6 Å². The van der Waals surface area contributed by atoms with Crippen LogP contribution < -0.4 is 9.64 Å². The summed E-state index contributed by atoms with van der Waals surface area (Å²) in [5.74, 6) is 0.557. The maximum absolute atomic E-state index is 13.1. The molecule has 0 unspecified atom stereocenters. The molecule has 1 amide bonds. The fourth-order valence-electron chi connectivity index (χ4n) is 4.56. The number of sulfonamides is 1. The number of methoxy groups -OCH3 is 1. The third-order valence-electron chi connectivity index (χ3n) is 6.61. The lowest BCUT2D eigenvalue weighted by atomic mass is 9.96. The van der Waals surface area contributed by atoms with Gasteiger partial charge in [-0.1, -0.05) is 29.3 Å². The summed E-state index contributed by atoms with van der Waals surface area (Å²) in [6, 6.07) is 12.9. The second-order valence-corrected chi connectivity index (χ2v) is 11.4. The molecule has 4 rings (SSSR count). The summed E-state index contributed by atoms with van der Waals surface area (Å²) in [6.45, 7) is 3.51. The van der Waals surface area contributed by atoms with E-state index in [0.717, 1.165) is 24.5 Å². The largest absolute Gasteiger partial charge is 0.497 e. The van der Waals surface area contributed by atoms with Gasteiger partial charge in [-0.2, -0.15) is 0 Å². The first-order valence-electron chi connectivity index (χ1n) is 11.4. The maximum Gasteiger partial charge on any atom is 0.225 e. The van der Waals surface area contributed by atoms with Gasteiger partial charge in [0.2, 0.25) is 15.9 Å². The van der Waals surface area contributed by atoms with Crippen LogP contribution in [-0.4, -0.2) is 69.9 Å². The molecule has 2 aromatic carbocycles. The summed E-state index contributed by atoms with van der Waals surface area (Å²) in [5.41, 5.74) is 1.53. The Labute approximate surface area is 211 Å². The highest BCUT2D eigenvalue weighted by Gasteiger charge is 2.34. The van der Waals surface area contributed by atoms with Gasteiger partial charge in [0.1, 0.15) is 5.75 Å². The van der Waals surface area contributed by atoms with E-state index in [0.29, 0.717) is 54.6 Å². The van der Waals surface area contributed by atoms with Gasteiger partial charge in [-0.05, 0) is 49.2 Å². The van der Waals surface area contributed by atoms with Crippen LogP contribution in [0.15, 0.2) is 42.5 Å². The molecule has 2 heterocycles. The predicted octanol–water partition coefficient (Wildman–Crippen LogP) is 3.89. The highest BCUT2D eigenvalue weighted by atomic mass is 35.5. The lowest BCUT2D eigenvalue weighted by Gasteiger charge is -2.39. The number of amides is 1. The summed E-state index contributed by atoms with van der Waals surface area (Å²) in [4.78, 5) is 17.3. The minimum atomic E-state index is -3.57. The van der Waals surface area contributed by atoms with E-state index in [4.69, 9.17) is 27.9 Å². The summed E-state index contributed by atoms with van der Waals surface area (Å²) < 4.78 is 32.6. The van der Waals surface area contributed by atoms with Crippen molar-refractivity contribution in [2.75, 3.05) is 51.3 Å². The Kier molecular flexibility index (Phi) is 7.92. The van der Waals surface area contributed by atoms with Gasteiger partial charge >= 0.3 is 0 Å². The number of benzene rings is 2. The zero-order valence-electron chi connectivity index (χ0n) is 19.1. The van der Waals surface area contributed by atoms with Gasteiger partial charge in [0.25, 0.3) is 0 Å². The smallest absolute Gasteiger partial charge is 0.225 e. The molecular formula is C24H29Cl2N3O4S. The van der Waals surface area contributed by atoms with Crippen LogP contribution >= 0.6 is 23.2 Å². The number of piperidine rings is 1. The van der Waals surface area contributed by atoms with Crippen LogP contribution in [0.1, 0.15) is 18.4 Å². The number of hydrogen-bond donors (Lipinski definition) is 0. The third-order valence-corrected chi connectivity index (χ3v) is 9.13. The number of piperazine rings is 1. The first kappa shape index (κ1) is 25.1. The topological polar surface area (TPSA) is 70.2 Å². The van der Waals surface area contributed by atoms with Crippen molar-refractivity contribution in [2.24, 2.45) is 5.92 Å². The number of anilines is 1. The summed E-state index contributed by atoms with van der Waals surface area (Å²) in [7, 11) is -1.93. The second-order valence-electron chi connectivity index (χ2n) is 8.64. The number of carbonyl (C=O) groups excluding carboxylic acids is 1. The van der Waals surface area contributed by atoms with Crippen molar-refractivity contribution in [3.05, 3.63) is 58.1 Å². The molecule has 0 N–H and O–H groups in total. The molecule has 2 saturated heterocycles. The minimum absolute atomic E-state index is 0.126. The van der Waals surface area contributed by atoms with Gasteiger partial charge in [0.15, 0.2) is 0 Å². The molecule has 10 heteroatoms. The van der Waals surface area contributed by atoms with E-state index in [-0.39, 0.29) is 17.6 Å². The van der Waals surface area contributed by atoms with E-state index in [2.05, 4.69) is 4.90 Å². The van der Waals surface area contributed by atoms with E-state index >= 15 is 0 Å². The molecule has 34 heavy (non-hydrogen) atoms. The zero-order valence-corrected chi connectivity index (χ0v) is 21.4. The molecule has 0 atom stereocenters. The van der Waals surface area contributed by atoms with Crippen molar-refractivity contribution >= 4 is 44.8 Å². The van der Waals surface area contributed by atoms with Crippen molar-refractivity contribution in [1.29, 1.82) is 0 Å². The van der Waals surface area contributed by atoms with Crippen LogP contribution in [0.3, 0.4) is 0 Å². The minimum Gasteiger partial charge on any atom is -0.497 e. The van der Waals surface area contributed by atoms with Crippen LogP contribution in [0.25, 0.3) is 0 Å². The molecule has 7 nitrogen and oxygen atoms in total.